The summed E-state index contributed by atoms with van der Waals surface area (Å²) in [5, 5.41) is 11.0. The first-order valence-corrected chi connectivity index (χ1v) is 11.9. The van der Waals surface area contributed by atoms with Crippen molar-refractivity contribution in [1.82, 2.24) is 14.8 Å². The van der Waals surface area contributed by atoms with E-state index in [-0.39, 0.29) is 18.3 Å². The van der Waals surface area contributed by atoms with E-state index in [1.807, 2.05) is 18.2 Å². The number of piperidine rings is 1. The predicted octanol–water partition coefficient (Wildman–Crippen LogP) is 4.79. The zero-order valence-electron chi connectivity index (χ0n) is 19.5. The number of aliphatic hydroxyl groups is 1. The summed E-state index contributed by atoms with van der Waals surface area (Å²) in [7, 11) is 0. The van der Waals surface area contributed by atoms with Gasteiger partial charge in [0, 0.05) is 36.1 Å². The molecule has 5 nitrogen and oxygen atoms in total. The number of likely N-dealkylation sites (tertiary alicyclic amines) is 2. The second kappa shape index (κ2) is 9.88. The molecule has 0 unspecified atom stereocenters. The number of nitrogens with zero attached hydrogens (tertiary/aromatic N) is 2. The summed E-state index contributed by atoms with van der Waals surface area (Å²) >= 11 is 0. The smallest absolute Gasteiger partial charge is 0.270 e. The molecule has 0 aliphatic carbocycles. The van der Waals surface area contributed by atoms with E-state index in [0.29, 0.717) is 31.1 Å². The number of hydrogen-bond acceptors (Lipinski definition) is 3. The van der Waals surface area contributed by atoms with Crippen molar-refractivity contribution in [1.29, 1.82) is 0 Å². The van der Waals surface area contributed by atoms with Crippen molar-refractivity contribution in [3.05, 3.63) is 70.4 Å². The van der Waals surface area contributed by atoms with Crippen molar-refractivity contribution >= 4 is 29.2 Å². The minimum absolute atomic E-state index is 0. The van der Waals surface area contributed by atoms with Crippen LogP contribution >= 0.6 is 12.4 Å². The Bertz CT molecular complexity index is 1110. The lowest BCUT2D eigenvalue weighted by molar-refractivity contribution is 0.0757. The number of rotatable bonds is 4. The Morgan fingerprint density at radius 1 is 1.00 bits per heavy atom. The lowest BCUT2D eigenvalue weighted by Crippen LogP contribution is -2.34. The molecule has 176 valence electrons. The van der Waals surface area contributed by atoms with Gasteiger partial charge in [0.2, 0.25) is 0 Å². The highest BCUT2D eigenvalue weighted by atomic mass is 35.5. The number of aromatic amines is 1. The Labute approximate surface area is 202 Å². The van der Waals surface area contributed by atoms with Gasteiger partial charge in [-0.2, -0.15) is 0 Å². The van der Waals surface area contributed by atoms with Crippen LogP contribution in [0.25, 0.3) is 10.9 Å². The molecule has 2 saturated heterocycles. The number of halogens is 1. The molecule has 0 bridgehead atoms. The number of H-pyrrole nitrogens is 1. The van der Waals surface area contributed by atoms with Crippen LogP contribution < -0.4 is 0 Å². The number of nitrogens with one attached hydrogen (secondary N) is 1. The highest BCUT2D eigenvalue weighted by molar-refractivity contribution is 6.01. The number of carbonyl (C=O) groups excluding carboxylic acids is 1. The Morgan fingerprint density at radius 2 is 1.70 bits per heavy atom. The zero-order valence-corrected chi connectivity index (χ0v) is 20.3. The van der Waals surface area contributed by atoms with Crippen molar-refractivity contribution in [3.8, 4) is 0 Å². The van der Waals surface area contributed by atoms with Gasteiger partial charge in [0.05, 0.1) is 6.10 Å². The van der Waals surface area contributed by atoms with Crippen LogP contribution in [0.5, 0.6) is 0 Å². The molecular formula is C27H34ClN3O2. The van der Waals surface area contributed by atoms with Gasteiger partial charge in [-0.05, 0) is 74.9 Å². The maximum Gasteiger partial charge on any atom is 0.270 e. The van der Waals surface area contributed by atoms with Crippen LogP contribution in [0.4, 0.5) is 0 Å². The van der Waals surface area contributed by atoms with Crippen LogP contribution in [0.3, 0.4) is 0 Å². The molecule has 2 aliphatic rings. The molecule has 0 spiro atoms. The number of β-amino-alcohol motifs (C(OH)–C–C–N with tert-alkyl or cyclic N) is 1. The summed E-state index contributed by atoms with van der Waals surface area (Å²) in [6.45, 7) is 8.36. The molecule has 33 heavy (non-hydrogen) atoms. The van der Waals surface area contributed by atoms with Gasteiger partial charge < -0.3 is 15.0 Å². The summed E-state index contributed by atoms with van der Waals surface area (Å²) < 4.78 is 0. The minimum atomic E-state index is -0.407. The highest BCUT2D eigenvalue weighted by Gasteiger charge is 2.30. The van der Waals surface area contributed by atoms with Gasteiger partial charge in [-0.1, -0.05) is 36.4 Å². The first-order valence-electron chi connectivity index (χ1n) is 11.9. The van der Waals surface area contributed by atoms with E-state index >= 15 is 0 Å². The molecule has 5 rings (SSSR count). The monoisotopic (exact) mass is 467 g/mol. The average Bonchev–Trinajstić information content (AvgIpc) is 3.38. The summed E-state index contributed by atoms with van der Waals surface area (Å²) in [5.74, 6) is 0.626. The Balaban J connectivity index is 0.00000259. The van der Waals surface area contributed by atoms with Crippen LogP contribution in [0.15, 0.2) is 42.5 Å². The van der Waals surface area contributed by atoms with Crippen LogP contribution in [-0.2, 0) is 6.54 Å². The molecule has 1 atom stereocenters. The Hall–Kier alpha value is -2.34. The first kappa shape index (κ1) is 23.8. The number of benzene rings is 2. The second-order valence-electron chi connectivity index (χ2n) is 9.57. The van der Waals surface area contributed by atoms with Gasteiger partial charge in [-0.3, -0.25) is 9.69 Å². The molecule has 0 saturated carbocycles. The van der Waals surface area contributed by atoms with Crippen LogP contribution in [0.2, 0.25) is 0 Å². The topological polar surface area (TPSA) is 59.6 Å². The van der Waals surface area contributed by atoms with Gasteiger partial charge in [0.1, 0.15) is 5.69 Å². The zero-order chi connectivity index (χ0) is 22.2. The van der Waals surface area contributed by atoms with E-state index in [1.165, 1.54) is 16.7 Å². The highest BCUT2D eigenvalue weighted by Crippen LogP contribution is 2.34. The normalized spacial score (nSPS) is 19.7. The number of aliphatic hydroxyl groups excluding tert-OH is 1. The largest absolute Gasteiger partial charge is 0.391 e. The molecule has 2 N–H and O–H groups in total. The van der Waals surface area contributed by atoms with Crippen LogP contribution in [0.1, 0.15) is 57.9 Å². The molecule has 2 aliphatic heterocycles. The molecule has 2 aromatic carbocycles. The fraction of sp³-hybridized carbons (Fsp3) is 0.444. The van der Waals surface area contributed by atoms with Gasteiger partial charge >= 0.3 is 0 Å². The van der Waals surface area contributed by atoms with E-state index in [2.05, 4.69) is 48.0 Å². The predicted molar refractivity (Wildman–Crippen MR) is 135 cm³/mol. The van der Waals surface area contributed by atoms with E-state index in [9.17, 15) is 9.90 Å². The number of aromatic nitrogens is 1. The molecule has 1 aromatic heterocycles. The van der Waals surface area contributed by atoms with Crippen LogP contribution in [-0.4, -0.2) is 58.1 Å². The summed E-state index contributed by atoms with van der Waals surface area (Å²) in [5.41, 5.74) is 7.13. The second-order valence-corrected chi connectivity index (χ2v) is 9.57. The fourth-order valence-electron chi connectivity index (χ4n) is 5.71. The number of carbonyl (C=O) groups is 1. The molecule has 0 radical (unpaired) electrons. The summed E-state index contributed by atoms with van der Waals surface area (Å²) in [4.78, 5) is 21.0. The third-order valence-electron chi connectivity index (χ3n) is 7.40. The SMILES string of the molecule is Cc1cccc(C)c1C1CCN(Cc2c(C(=O)N3CC[C@H](O)C3)[nH]c3ccccc23)CC1.Cl. The van der Waals surface area contributed by atoms with E-state index in [0.717, 1.165) is 48.9 Å². The average molecular weight is 468 g/mol. The van der Waals surface area contributed by atoms with Crippen LogP contribution in [0, 0.1) is 13.8 Å². The minimum Gasteiger partial charge on any atom is -0.391 e. The van der Waals surface area contributed by atoms with E-state index in [1.54, 1.807) is 4.90 Å². The standard InChI is InChI=1S/C27H33N3O2.ClH/c1-18-6-5-7-19(2)25(18)20-10-13-29(14-11-20)17-23-22-8-3-4-9-24(22)28-26(23)27(32)30-15-12-21(31)16-30;/h3-9,20-21,28,31H,10-17H2,1-2H3;1H/t21-;/m0./s1. The molecule has 3 heterocycles. The van der Waals surface area contributed by atoms with E-state index in [4.69, 9.17) is 0 Å². The van der Waals surface area contributed by atoms with Crippen molar-refractivity contribution < 1.29 is 9.90 Å². The number of hydrogen-bond donors (Lipinski definition) is 2. The van der Waals surface area contributed by atoms with Gasteiger partial charge in [0.25, 0.3) is 5.91 Å². The van der Waals surface area contributed by atoms with E-state index < -0.39 is 6.10 Å². The number of amides is 1. The Morgan fingerprint density at radius 3 is 2.36 bits per heavy atom. The van der Waals surface area contributed by atoms with Gasteiger partial charge in [-0.25, -0.2) is 0 Å². The molecule has 2 fully saturated rings. The van der Waals surface area contributed by atoms with Crippen molar-refractivity contribution in [2.24, 2.45) is 0 Å². The fourth-order valence-corrected chi connectivity index (χ4v) is 5.71. The lowest BCUT2D eigenvalue weighted by Gasteiger charge is -2.33. The quantitative estimate of drug-likeness (QED) is 0.579. The van der Waals surface area contributed by atoms with Crippen molar-refractivity contribution in [2.75, 3.05) is 26.2 Å². The Kier molecular flexibility index (Phi) is 7.13. The maximum absolute atomic E-state index is 13.3. The number of aryl methyl sites for hydroxylation is 2. The maximum atomic E-state index is 13.3. The van der Waals surface area contributed by atoms with Gasteiger partial charge in [-0.15, -0.1) is 12.4 Å². The van der Waals surface area contributed by atoms with Crippen molar-refractivity contribution in [3.63, 3.8) is 0 Å². The molecule has 1 amide bonds. The first-order chi connectivity index (χ1) is 15.5. The third kappa shape index (κ3) is 4.68. The van der Waals surface area contributed by atoms with Crippen molar-refractivity contribution in [2.45, 2.75) is 51.7 Å². The van der Waals surface area contributed by atoms with Gasteiger partial charge in [0.15, 0.2) is 0 Å². The molecule has 3 aromatic rings. The summed E-state index contributed by atoms with van der Waals surface area (Å²) in [6.07, 6.45) is 2.55. The number of para-hydroxylation sites is 1. The lowest BCUT2D eigenvalue weighted by atomic mass is 9.84. The number of fused-ring (bicyclic) bond motifs is 1. The molecule has 6 heteroatoms. The molecular weight excluding hydrogens is 434 g/mol. The third-order valence-corrected chi connectivity index (χ3v) is 7.40. The summed E-state index contributed by atoms with van der Waals surface area (Å²) in [6, 6.07) is 14.8.